The molecule has 1 aliphatic rings. The van der Waals surface area contributed by atoms with Gasteiger partial charge in [-0.15, -0.1) is 12.4 Å². The molecule has 5 heteroatoms. The van der Waals surface area contributed by atoms with Crippen molar-refractivity contribution in [3.05, 3.63) is 0 Å². The summed E-state index contributed by atoms with van der Waals surface area (Å²) < 4.78 is 5.55. The maximum absolute atomic E-state index is 11.8. The third-order valence-electron chi connectivity index (χ3n) is 2.51. The normalized spacial score (nSPS) is 28.1. The number of nitrogens with two attached hydrogens (primary N) is 1. The summed E-state index contributed by atoms with van der Waals surface area (Å²) in [6.07, 6.45) is 0.264. The van der Waals surface area contributed by atoms with Crippen LogP contribution in [0.2, 0.25) is 0 Å². The third-order valence-corrected chi connectivity index (χ3v) is 2.51. The highest BCUT2D eigenvalue weighted by atomic mass is 35.5. The van der Waals surface area contributed by atoms with Crippen molar-refractivity contribution >= 4 is 18.3 Å². The third kappa shape index (κ3) is 3.97. The van der Waals surface area contributed by atoms with Gasteiger partial charge in [0.05, 0.1) is 12.2 Å². The van der Waals surface area contributed by atoms with Gasteiger partial charge in [-0.3, -0.25) is 4.79 Å². The summed E-state index contributed by atoms with van der Waals surface area (Å²) in [4.78, 5) is 13.7. The fourth-order valence-electron chi connectivity index (χ4n) is 1.77. The molecule has 15 heavy (non-hydrogen) atoms. The van der Waals surface area contributed by atoms with Crippen LogP contribution in [0.25, 0.3) is 0 Å². The molecule has 0 spiro atoms. The van der Waals surface area contributed by atoms with Gasteiger partial charge in [-0.05, 0) is 13.8 Å². The molecular formula is C10H21ClN2O2. The average Bonchev–Trinajstić information content (AvgIpc) is 2.14. The van der Waals surface area contributed by atoms with E-state index in [2.05, 4.69) is 0 Å². The molecule has 1 rings (SSSR count). The van der Waals surface area contributed by atoms with E-state index in [-0.39, 0.29) is 36.4 Å². The van der Waals surface area contributed by atoms with Gasteiger partial charge in [0.2, 0.25) is 5.91 Å². The standard InChI is InChI=1S/C10H20N2O2.ClH/c1-7(4-11)10(13)12-5-8(2)14-9(3)6-12;/h7-9H,4-6,11H2,1-3H3;1H/t7?,8-,9+;. The molecule has 0 saturated carbocycles. The van der Waals surface area contributed by atoms with Gasteiger partial charge in [0, 0.05) is 25.6 Å². The van der Waals surface area contributed by atoms with Crippen LogP contribution in [-0.2, 0) is 9.53 Å². The number of hydrogen-bond acceptors (Lipinski definition) is 3. The maximum atomic E-state index is 11.8. The van der Waals surface area contributed by atoms with Crippen LogP contribution in [0.5, 0.6) is 0 Å². The molecule has 0 aromatic heterocycles. The Hall–Kier alpha value is -0.320. The minimum Gasteiger partial charge on any atom is -0.372 e. The number of ether oxygens (including phenoxy) is 1. The number of nitrogens with zero attached hydrogens (tertiary/aromatic N) is 1. The van der Waals surface area contributed by atoms with Crippen molar-refractivity contribution in [2.24, 2.45) is 11.7 Å². The van der Waals surface area contributed by atoms with E-state index in [9.17, 15) is 4.79 Å². The largest absolute Gasteiger partial charge is 0.372 e. The Morgan fingerprint density at radius 1 is 1.47 bits per heavy atom. The van der Waals surface area contributed by atoms with Gasteiger partial charge in [0.15, 0.2) is 0 Å². The molecule has 2 N–H and O–H groups in total. The van der Waals surface area contributed by atoms with Gasteiger partial charge >= 0.3 is 0 Å². The Labute approximate surface area is 97.5 Å². The van der Waals surface area contributed by atoms with Crippen molar-refractivity contribution in [1.29, 1.82) is 0 Å². The molecule has 0 aliphatic carbocycles. The SMILES string of the molecule is CC(CN)C(=O)N1C[C@@H](C)O[C@@H](C)C1.Cl. The first-order chi connectivity index (χ1) is 6.54. The summed E-state index contributed by atoms with van der Waals surface area (Å²) in [5.41, 5.74) is 5.47. The lowest BCUT2D eigenvalue weighted by Gasteiger charge is -2.36. The van der Waals surface area contributed by atoms with Gasteiger partial charge in [0.1, 0.15) is 0 Å². The fourth-order valence-corrected chi connectivity index (χ4v) is 1.77. The van der Waals surface area contributed by atoms with Crippen molar-refractivity contribution in [3.8, 4) is 0 Å². The number of halogens is 1. The summed E-state index contributed by atoms with van der Waals surface area (Å²) in [5.74, 6) is 0.0713. The number of carbonyl (C=O) groups excluding carboxylic acids is 1. The number of amides is 1. The Morgan fingerprint density at radius 3 is 2.33 bits per heavy atom. The predicted molar refractivity (Wildman–Crippen MR) is 62.1 cm³/mol. The minimum absolute atomic E-state index is 0. The highest BCUT2D eigenvalue weighted by Gasteiger charge is 2.27. The van der Waals surface area contributed by atoms with Gasteiger partial charge in [0.25, 0.3) is 0 Å². The molecule has 0 aromatic rings. The van der Waals surface area contributed by atoms with Crippen molar-refractivity contribution in [3.63, 3.8) is 0 Å². The highest BCUT2D eigenvalue weighted by Crippen LogP contribution is 2.13. The van der Waals surface area contributed by atoms with Gasteiger partial charge < -0.3 is 15.4 Å². The monoisotopic (exact) mass is 236 g/mol. The minimum atomic E-state index is -0.0764. The number of morpholine rings is 1. The van der Waals surface area contributed by atoms with Crippen LogP contribution in [0.1, 0.15) is 20.8 Å². The van der Waals surface area contributed by atoms with E-state index in [1.807, 2.05) is 25.7 Å². The van der Waals surface area contributed by atoms with Gasteiger partial charge in [-0.2, -0.15) is 0 Å². The second-order valence-corrected chi connectivity index (χ2v) is 4.14. The van der Waals surface area contributed by atoms with Crippen molar-refractivity contribution in [1.82, 2.24) is 4.90 Å². The second kappa shape index (κ2) is 6.30. The fraction of sp³-hybridized carbons (Fsp3) is 0.900. The van der Waals surface area contributed by atoms with Crippen LogP contribution in [-0.4, -0.2) is 42.6 Å². The first kappa shape index (κ1) is 14.7. The average molecular weight is 237 g/mol. The predicted octanol–water partition coefficient (Wildman–Crippen LogP) is 0.639. The first-order valence-electron chi connectivity index (χ1n) is 5.19. The lowest BCUT2D eigenvalue weighted by molar-refractivity contribution is -0.146. The topological polar surface area (TPSA) is 55.6 Å². The summed E-state index contributed by atoms with van der Waals surface area (Å²) in [5, 5.41) is 0. The second-order valence-electron chi connectivity index (χ2n) is 4.14. The van der Waals surface area contributed by atoms with E-state index in [0.29, 0.717) is 19.6 Å². The van der Waals surface area contributed by atoms with E-state index in [1.54, 1.807) is 0 Å². The van der Waals surface area contributed by atoms with E-state index in [1.165, 1.54) is 0 Å². The maximum Gasteiger partial charge on any atom is 0.226 e. The zero-order chi connectivity index (χ0) is 10.7. The van der Waals surface area contributed by atoms with Crippen molar-refractivity contribution in [2.45, 2.75) is 33.0 Å². The first-order valence-corrected chi connectivity index (χ1v) is 5.19. The zero-order valence-corrected chi connectivity index (χ0v) is 10.4. The van der Waals surface area contributed by atoms with Gasteiger partial charge in [-0.1, -0.05) is 6.92 Å². The molecule has 3 atom stereocenters. The van der Waals surface area contributed by atoms with Crippen LogP contribution < -0.4 is 5.73 Å². The van der Waals surface area contributed by atoms with E-state index in [0.717, 1.165) is 0 Å². The molecule has 1 amide bonds. The molecule has 1 unspecified atom stereocenters. The summed E-state index contributed by atoms with van der Waals surface area (Å²) in [6.45, 7) is 7.64. The molecule has 1 fully saturated rings. The number of hydrogen-bond donors (Lipinski definition) is 1. The smallest absolute Gasteiger partial charge is 0.226 e. The molecule has 1 saturated heterocycles. The number of rotatable bonds is 2. The Kier molecular flexibility index (Phi) is 6.17. The van der Waals surface area contributed by atoms with E-state index >= 15 is 0 Å². The molecule has 1 aliphatic heterocycles. The van der Waals surface area contributed by atoms with Crippen LogP contribution in [0.15, 0.2) is 0 Å². The Balaban J connectivity index is 0.00000196. The molecule has 4 nitrogen and oxygen atoms in total. The van der Waals surface area contributed by atoms with Crippen LogP contribution in [0.4, 0.5) is 0 Å². The highest BCUT2D eigenvalue weighted by molar-refractivity contribution is 5.85. The van der Waals surface area contributed by atoms with E-state index in [4.69, 9.17) is 10.5 Å². The summed E-state index contributed by atoms with van der Waals surface area (Å²) in [6, 6.07) is 0. The van der Waals surface area contributed by atoms with Crippen molar-refractivity contribution in [2.75, 3.05) is 19.6 Å². The molecular weight excluding hydrogens is 216 g/mol. The quantitative estimate of drug-likeness (QED) is 0.766. The molecule has 0 bridgehead atoms. The Morgan fingerprint density at radius 2 is 1.93 bits per heavy atom. The molecule has 0 radical (unpaired) electrons. The lowest BCUT2D eigenvalue weighted by Crippen LogP contribution is -2.50. The van der Waals surface area contributed by atoms with Crippen LogP contribution >= 0.6 is 12.4 Å². The summed E-state index contributed by atoms with van der Waals surface area (Å²) >= 11 is 0. The van der Waals surface area contributed by atoms with Crippen LogP contribution in [0, 0.1) is 5.92 Å². The lowest BCUT2D eigenvalue weighted by atomic mass is 10.1. The Bertz CT molecular complexity index is 204. The zero-order valence-electron chi connectivity index (χ0n) is 9.60. The number of carbonyl (C=O) groups is 1. The summed E-state index contributed by atoms with van der Waals surface area (Å²) in [7, 11) is 0. The van der Waals surface area contributed by atoms with Crippen LogP contribution in [0.3, 0.4) is 0 Å². The van der Waals surface area contributed by atoms with Gasteiger partial charge in [-0.25, -0.2) is 0 Å². The van der Waals surface area contributed by atoms with E-state index < -0.39 is 0 Å². The van der Waals surface area contributed by atoms with Crippen molar-refractivity contribution < 1.29 is 9.53 Å². The molecule has 1 heterocycles. The molecule has 90 valence electrons. The molecule has 0 aromatic carbocycles.